The van der Waals surface area contributed by atoms with Gasteiger partial charge in [-0.05, 0) is 24.1 Å². The van der Waals surface area contributed by atoms with E-state index in [0.717, 1.165) is 5.56 Å². The van der Waals surface area contributed by atoms with Crippen LogP contribution in [0.15, 0.2) is 42.5 Å². The van der Waals surface area contributed by atoms with Gasteiger partial charge in [0.1, 0.15) is 0 Å². The Bertz CT molecular complexity index is 649. The molecular weight excluding hydrogens is 365 g/mol. The summed E-state index contributed by atoms with van der Waals surface area (Å²) in [4.78, 5) is 10.5. The molecule has 0 radical (unpaired) electrons. The van der Waals surface area contributed by atoms with E-state index in [2.05, 4.69) is 15.9 Å². The first-order valence-electron chi connectivity index (χ1n) is 5.80. The topological polar surface area (TPSA) is 43.1 Å². The summed E-state index contributed by atoms with van der Waals surface area (Å²) in [5.41, 5.74) is 1.63. The van der Waals surface area contributed by atoms with E-state index < -0.39 is 0 Å². The molecule has 1 atom stereocenters. The lowest BCUT2D eigenvalue weighted by Crippen LogP contribution is -2.00. The van der Waals surface area contributed by atoms with Crippen molar-refractivity contribution in [2.75, 3.05) is 0 Å². The lowest BCUT2D eigenvalue weighted by Gasteiger charge is -2.12. The first-order valence-corrected chi connectivity index (χ1v) is 7.47. The van der Waals surface area contributed by atoms with Gasteiger partial charge in [-0.3, -0.25) is 10.1 Å². The van der Waals surface area contributed by atoms with E-state index >= 15 is 0 Å². The zero-order chi connectivity index (χ0) is 14.7. The standard InChI is InChI=1S/C14H10BrCl2NO2/c15-12(11-6-5-10(16)8-13(11)17)7-9-3-1-2-4-14(9)18(19)20/h1-6,8,12H,7H2. The first kappa shape index (κ1) is 15.3. The molecule has 0 aromatic heterocycles. The van der Waals surface area contributed by atoms with Crippen molar-refractivity contribution in [3.05, 3.63) is 73.8 Å². The fourth-order valence-electron chi connectivity index (χ4n) is 1.92. The van der Waals surface area contributed by atoms with Crippen molar-refractivity contribution in [2.24, 2.45) is 0 Å². The Morgan fingerprint density at radius 2 is 1.90 bits per heavy atom. The number of para-hydroxylation sites is 1. The minimum absolute atomic E-state index is 0.113. The summed E-state index contributed by atoms with van der Waals surface area (Å²) in [5.74, 6) is 0. The van der Waals surface area contributed by atoms with Gasteiger partial charge < -0.3 is 0 Å². The van der Waals surface area contributed by atoms with Crippen LogP contribution >= 0.6 is 39.1 Å². The van der Waals surface area contributed by atoms with E-state index in [4.69, 9.17) is 23.2 Å². The molecule has 104 valence electrons. The molecule has 0 bridgehead atoms. The molecule has 0 spiro atoms. The van der Waals surface area contributed by atoms with Crippen molar-refractivity contribution in [1.82, 2.24) is 0 Å². The zero-order valence-corrected chi connectivity index (χ0v) is 13.3. The molecular formula is C14H10BrCl2NO2. The molecule has 0 saturated heterocycles. The van der Waals surface area contributed by atoms with Crippen molar-refractivity contribution >= 4 is 44.8 Å². The quantitative estimate of drug-likeness (QED) is 0.398. The normalized spacial score (nSPS) is 12.2. The van der Waals surface area contributed by atoms with Crippen molar-refractivity contribution < 1.29 is 4.92 Å². The van der Waals surface area contributed by atoms with E-state index in [0.29, 0.717) is 22.0 Å². The molecule has 0 aliphatic rings. The molecule has 0 aliphatic heterocycles. The summed E-state index contributed by atoms with van der Waals surface area (Å²) in [5, 5.41) is 12.1. The Kier molecular flexibility index (Phi) is 5.02. The predicted molar refractivity (Wildman–Crippen MR) is 84.9 cm³/mol. The summed E-state index contributed by atoms with van der Waals surface area (Å²) in [6.07, 6.45) is 0.471. The monoisotopic (exact) mass is 373 g/mol. The Morgan fingerprint density at radius 1 is 1.20 bits per heavy atom. The summed E-state index contributed by atoms with van der Waals surface area (Å²) >= 11 is 15.5. The Morgan fingerprint density at radius 3 is 2.55 bits per heavy atom. The highest BCUT2D eigenvalue weighted by Gasteiger charge is 2.18. The molecule has 6 heteroatoms. The predicted octanol–water partition coefficient (Wildman–Crippen LogP) is 5.58. The Labute approximate surface area is 134 Å². The smallest absolute Gasteiger partial charge is 0.258 e. The maximum Gasteiger partial charge on any atom is 0.272 e. The van der Waals surface area contributed by atoms with Gasteiger partial charge in [0.25, 0.3) is 5.69 Å². The lowest BCUT2D eigenvalue weighted by molar-refractivity contribution is -0.385. The molecule has 2 aromatic carbocycles. The fourth-order valence-corrected chi connectivity index (χ4v) is 3.34. The van der Waals surface area contributed by atoms with Gasteiger partial charge in [-0.25, -0.2) is 0 Å². The summed E-state index contributed by atoms with van der Waals surface area (Å²) in [7, 11) is 0. The van der Waals surface area contributed by atoms with Crippen LogP contribution in [0.3, 0.4) is 0 Å². The molecule has 0 aliphatic carbocycles. The van der Waals surface area contributed by atoms with Gasteiger partial charge in [0.2, 0.25) is 0 Å². The van der Waals surface area contributed by atoms with Gasteiger partial charge in [-0.1, -0.05) is 63.4 Å². The van der Waals surface area contributed by atoms with Crippen molar-refractivity contribution in [3.8, 4) is 0 Å². The first-order chi connectivity index (χ1) is 9.49. The SMILES string of the molecule is O=[N+]([O-])c1ccccc1CC(Br)c1ccc(Cl)cc1Cl. The van der Waals surface area contributed by atoms with Crippen LogP contribution in [0.25, 0.3) is 0 Å². The third-order valence-corrected chi connectivity index (χ3v) is 4.27. The van der Waals surface area contributed by atoms with Crippen LogP contribution in [0, 0.1) is 10.1 Å². The maximum absolute atomic E-state index is 11.0. The van der Waals surface area contributed by atoms with Crippen LogP contribution in [0.1, 0.15) is 16.0 Å². The van der Waals surface area contributed by atoms with Crippen LogP contribution in [0.4, 0.5) is 5.69 Å². The van der Waals surface area contributed by atoms with Crippen LogP contribution in [-0.4, -0.2) is 4.92 Å². The molecule has 2 aromatic rings. The van der Waals surface area contributed by atoms with Gasteiger partial charge in [0.15, 0.2) is 0 Å². The number of nitro benzene ring substituents is 1. The highest BCUT2D eigenvalue weighted by atomic mass is 79.9. The molecule has 0 fully saturated rings. The van der Waals surface area contributed by atoms with Crippen LogP contribution in [0.2, 0.25) is 10.0 Å². The number of rotatable bonds is 4. The second-order valence-corrected chi connectivity index (χ2v) is 6.17. The minimum Gasteiger partial charge on any atom is -0.258 e. The maximum atomic E-state index is 11.0. The van der Waals surface area contributed by atoms with Gasteiger partial charge in [0, 0.05) is 26.5 Å². The highest BCUT2D eigenvalue weighted by Crippen LogP contribution is 2.35. The number of nitro groups is 1. The molecule has 1 unspecified atom stereocenters. The lowest BCUT2D eigenvalue weighted by atomic mass is 10.0. The van der Waals surface area contributed by atoms with E-state index in [1.165, 1.54) is 6.07 Å². The summed E-state index contributed by atoms with van der Waals surface area (Å²) < 4.78 is 0. The number of benzene rings is 2. The number of nitrogens with zero attached hydrogens (tertiary/aromatic N) is 1. The summed E-state index contributed by atoms with van der Waals surface area (Å²) in [6.45, 7) is 0. The van der Waals surface area contributed by atoms with Crippen molar-refractivity contribution in [2.45, 2.75) is 11.2 Å². The van der Waals surface area contributed by atoms with Crippen molar-refractivity contribution in [1.29, 1.82) is 0 Å². The molecule has 3 nitrogen and oxygen atoms in total. The van der Waals surface area contributed by atoms with E-state index in [9.17, 15) is 10.1 Å². The molecule has 0 saturated carbocycles. The Balaban J connectivity index is 2.28. The largest absolute Gasteiger partial charge is 0.272 e. The number of hydrogen-bond donors (Lipinski definition) is 0. The van der Waals surface area contributed by atoms with E-state index in [1.807, 2.05) is 6.07 Å². The van der Waals surface area contributed by atoms with Crippen LogP contribution in [0.5, 0.6) is 0 Å². The average Bonchev–Trinajstić information content (AvgIpc) is 2.38. The zero-order valence-electron chi connectivity index (χ0n) is 10.2. The van der Waals surface area contributed by atoms with Gasteiger partial charge in [-0.15, -0.1) is 0 Å². The summed E-state index contributed by atoms with van der Waals surface area (Å²) in [6, 6.07) is 11.9. The number of halogens is 3. The molecule has 20 heavy (non-hydrogen) atoms. The van der Waals surface area contributed by atoms with Crippen molar-refractivity contribution in [3.63, 3.8) is 0 Å². The molecule has 2 rings (SSSR count). The fraction of sp³-hybridized carbons (Fsp3) is 0.143. The van der Waals surface area contributed by atoms with Gasteiger partial charge >= 0.3 is 0 Å². The number of hydrogen-bond acceptors (Lipinski definition) is 2. The van der Waals surface area contributed by atoms with Gasteiger partial charge in [0.05, 0.1) is 4.92 Å². The molecule has 0 amide bonds. The van der Waals surface area contributed by atoms with Crippen LogP contribution < -0.4 is 0 Å². The number of alkyl halides is 1. The highest BCUT2D eigenvalue weighted by molar-refractivity contribution is 9.09. The molecule has 0 heterocycles. The Hall–Kier alpha value is -1.10. The second-order valence-electron chi connectivity index (χ2n) is 4.22. The third kappa shape index (κ3) is 3.51. The third-order valence-electron chi connectivity index (χ3n) is 2.89. The van der Waals surface area contributed by atoms with E-state index in [-0.39, 0.29) is 15.4 Å². The average molecular weight is 375 g/mol. The van der Waals surface area contributed by atoms with E-state index in [1.54, 1.807) is 30.3 Å². The minimum atomic E-state index is -0.376. The molecule has 0 N–H and O–H groups in total. The van der Waals surface area contributed by atoms with Crippen LogP contribution in [-0.2, 0) is 6.42 Å². The van der Waals surface area contributed by atoms with Gasteiger partial charge in [-0.2, -0.15) is 0 Å². The second kappa shape index (κ2) is 6.57.